The molecule has 0 atom stereocenters. The Morgan fingerprint density at radius 2 is 1.79 bits per heavy atom. The number of ether oxygens (including phenoxy) is 1. The first-order valence-corrected chi connectivity index (χ1v) is 12.6. The molecule has 2 N–H and O–H groups in total. The van der Waals surface area contributed by atoms with Crippen molar-refractivity contribution in [1.29, 1.82) is 5.26 Å². The van der Waals surface area contributed by atoms with Crippen LogP contribution in [0.25, 0.3) is 6.08 Å². The van der Waals surface area contributed by atoms with Gasteiger partial charge in [-0.3, -0.25) is 9.59 Å². The van der Waals surface area contributed by atoms with Crippen molar-refractivity contribution >= 4 is 72.7 Å². The fourth-order valence-electron chi connectivity index (χ4n) is 3.12. The average Bonchev–Trinajstić information content (AvgIpc) is 2.83. The predicted molar refractivity (Wildman–Crippen MR) is 146 cm³/mol. The molecule has 0 spiro atoms. The molecular weight excluding hydrogens is 655 g/mol. The van der Waals surface area contributed by atoms with E-state index in [9.17, 15) is 28.0 Å². The molecular formula is C26H17Br2ClF3N3O3. The molecule has 0 heterocycles. The Labute approximate surface area is 237 Å². The van der Waals surface area contributed by atoms with E-state index >= 15 is 0 Å². The SMILES string of the molecule is Cc1ccc(NC(=O)COc2c(Br)cc(Br)cc2/C=C(\C#N)C(=O)Nc2cccc(C(F)(F)F)c2)cc1Cl. The van der Waals surface area contributed by atoms with E-state index in [0.29, 0.717) is 19.7 Å². The molecule has 0 aliphatic carbocycles. The summed E-state index contributed by atoms with van der Waals surface area (Å²) in [5.41, 5.74) is 0.0919. The van der Waals surface area contributed by atoms with Gasteiger partial charge in [0.25, 0.3) is 11.8 Å². The van der Waals surface area contributed by atoms with Gasteiger partial charge < -0.3 is 15.4 Å². The lowest BCUT2D eigenvalue weighted by molar-refractivity contribution is -0.137. The normalized spacial score (nSPS) is 11.5. The number of benzene rings is 3. The third-order valence-electron chi connectivity index (χ3n) is 4.95. The molecule has 0 bridgehead atoms. The first kappa shape index (κ1) is 29.2. The number of hydrogen-bond acceptors (Lipinski definition) is 4. The highest BCUT2D eigenvalue weighted by atomic mass is 79.9. The summed E-state index contributed by atoms with van der Waals surface area (Å²) in [7, 11) is 0. The van der Waals surface area contributed by atoms with Crippen LogP contribution in [0.15, 0.2) is 69.1 Å². The minimum Gasteiger partial charge on any atom is -0.482 e. The number of amides is 2. The maximum Gasteiger partial charge on any atom is 0.416 e. The van der Waals surface area contributed by atoms with Crippen molar-refractivity contribution in [3.63, 3.8) is 0 Å². The van der Waals surface area contributed by atoms with Crippen molar-refractivity contribution < 1.29 is 27.5 Å². The molecule has 0 aliphatic rings. The Hall–Kier alpha value is -3.33. The van der Waals surface area contributed by atoms with Crippen LogP contribution >= 0.6 is 43.5 Å². The van der Waals surface area contributed by atoms with Gasteiger partial charge in [-0.05, 0) is 77.0 Å². The van der Waals surface area contributed by atoms with Gasteiger partial charge in [0, 0.05) is 26.4 Å². The molecule has 0 fully saturated rings. The standard InChI is InChI=1S/C26H17Br2ClF3N3O3/c1-14-5-6-20(11-22(14)29)34-23(36)13-38-24-15(8-18(27)10-21(24)28)7-16(12-33)25(37)35-19-4-2-3-17(9-19)26(30,31)32/h2-11H,13H2,1H3,(H,34,36)(H,35,37)/b16-7+. The number of anilines is 2. The summed E-state index contributed by atoms with van der Waals surface area (Å²) in [6, 6.07) is 14.0. The van der Waals surface area contributed by atoms with Gasteiger partial charge in [-0.1, -0.05) is 39.7 Å². The molecule has 0 saturated heterocycles. The molecule has 0 aromatic heterocycles. The van der Waals surface area contributed by atoms with Gasteiger partial charge in [-0.2, -0.15) is 18.4 Å². The smallest absolute Gasteiger partial charge is 0.416 e. The monoisotopic (exact) mass is 669 g/mol. The van der Waals surface area contributed by atoms with E-state index in [0.717, 1.165) is 23.8 Å². The quantitative estimate of drug-likeness (QED) is 0.199. The number of aryl methyl sites for hydroxylation is 1. The summed E-state index contributed by atoms with van der Waals surface area (Å²) in [5, 5.41) is 15.0. The van der Waals surface area contributed by atoms with Gasteiger partial charge in [-0.25, -0.2) is 0 Å². The van der Waals surface area contributed by atoms with Crippen molar-refractivity contribution in [2.45, 2.75) is 13.1 Å². The molecule has 196 valence electrons. The van der Waals surface area contributed by atoms with E-state index in [1.165, 1.54) is 12.1 Å². The van der Waals surface area contributed by atoms with Gasteiger partial charge in [0.05, 0.1) is 10.0 Å². The molecule has 12 heteroatoms. The van der Waals surface area contributed by atoms with Gasteiger partial charge in [-0.15, -0.1) is 0 Å². The van der Waals surface area contributed by atoms with Crippen LogP contribution in [0.1, 0.15) is 16.7 Å². The first-order chi connectivity index (χ1) is 17.9. The third kappa shape index (κ3) is 7.84. The highest BCUT2D eigenvalue weighted by molar-refractivity contribution is 9.11. The summed E-state index contributed by atoms with van der Waals surface area (Å²) in [6.45, 7) is 1.41. The minimum absolute atomic E-state index is 0.134. The topological polar surface area (TPSA) is 91.2 Å². The fraction of sp³-hybridized carbons (Fsp3) is 0.115. The van der Waals surface area contributed by atoms with Gasteiger partial charge in [0.15, 0.2) is 6.61 Å². The highest BCUT2D eigenvalue weighted by Gasteiger charge is 2.30. The van der Waals surface area contributed by atoms with Crippen LogP contribution in [0, 0.1) is 18.3 Å². The lowest BCUT2D eigenvalue weighted by Gasteiger charge is -2.13. The molecule has 3 aromatic rings. The van der Waals surface area contributed by atoms with E-state index in [4.69, 9.17) is 16.3 Å². The van der Waals surface area contributed by atoms with E-state index in [1.807, 2.05) is 6.92 Å². The molecule has 2 amide bonds. The molecule has 38 heavy (non-hydrogen) atoms. The van der Waals surface area contributed by atoms with Crippen molar-refractivity contribution in [3.8, 4) is 11.8 Å². The summed E-state index contributed by atoms with van der Waals surface area (Å²) in [6.07, 6.45) is -3.40. The Bertz CT molecular complexity index is 1470. The lowest BCUT2D eigenvalue weighted by Crippen LogP contribution is -2.20. The Morgan fingerprint density at radius 3 is 2.45 bits per heavy atom. The zero-order valence-corrected chi connectivity index (χ0v) is 23.3. The van der Waals surface area contributed by atoms with E-state index in [-0.39, 0.29) is 17.0 Å². The van der Waals surface area contributed by atoms with Crippen LogP contribution in [0.3, 0.4) is 0 Å². The Kier molecular flexibility index (Phi) is 9.60. The largest absolute Gasteiger partial charge is 0.482 e. The van der Waals surface area contributed by atoms with Crippen LogP contribution < -0.4 is 15.4 Å². The maximum atomic E-state index is 13.0. The number of nitriles is 1. The second-order valence-electron chi connectivity index (χ2n) is 7.81. The predicted octanol–water partition coefficient (Wildman–Crippen LogP) is 7.76. The van der Waals surface area contributed by atoms with E-state index < -0.39 is 35.7 Å². The van der Waals surface area contributed by atoms with Gasteiger partial charge in [0.1, 0.15) is 17.4 Å². The molecule has 0 radical (unpaired) electrons. The number of carbonyl (C=O) groups excluding carboxylic acids is 2. The number of nitrogens with zero attached hydrogens (tertiary/aromatic N) is 1. The van der Waals surface area contributed by atoms with Gasteiger partial charge >= 0.3 is 6.18 Å². The van der Waals surface area contributed by atoms with E-state index in [1.54, 1.807) is 36.4 Å². The molecule has 6 nitrogen and oxygen atoms in total. The molecule has 0 saturated carbocycles. The number of rotatable bonds is 7. The number of hydrogen-bond donors (Lipinski definition) is 2. The lowest BCUT2D eigenvalue weighted by atomic mass is 10.1. The molecule has 3 rings (SSSR count). The van der Waals surface area contributed by atoms with Crippen LogP contribution in [0.5, 0.6) is 5.75 Å². The maximum absolute atomic E-state index is 13.0. The van der Waals surface area contributed by atoms with Crippen molar-refractivity contribution in [2.75, 3.05) is 17.2 Å². The van der Waals surface area contributed by atoms with E-state index in [2.05, 4.69) is 42.5 Å². The van der Waals surface area contributed by atoms with Crippen molar-refractivity contribution in [3.05, 3.63) is 90.8 Å². The Morgan fingerprint density at radius 1 is 1.08 bits per heavy atom. The zero-order chi connectivity index (χ0) is 28.0. The molecule has 0 aliphatic heterocycles. The number of alkyl halides is 3. The second-order valence-corrected chi connectivity index (χ2v) is 9.99. The van der Waals surface area contributed by atoms with Crippen LogP contribution in [-0.4, -0.2) is 18.4 Å². The summed E-state index contributed by atoms with van der Waals surface area (Å²) in [5.74, 6) is -1.26. The second kappa shape index (κ2) is 12.5. The van der Waals surface area contributed by atoms with Crippen molar-refractivity contribution in [2.24, 2.45) is 0 Å². The number of carbonyl (C=O) groups is 2. The van der Waals surface area contributed by atoms with Crippen LogP contribution in [0.4, 0.5) is 24.5 Å². The summed E-state index contributed by atoms with van der Waals surface area (Å²) >= 11 is 12.7. The van der Waals surface area contributed by atoms with Crippen LogP contribution in [0.2, 0.25) is 5.02 Å². The fourth-order valence-corrected chi connectivity index (χ4v) is 4.67. The Balaban J connectivity index is 1.81. The average molecular weight is 672 g/mol. The molecule has 0 unspecified atom stereocenters. The third-order valence-corrected chi connectivity index (χ3v) is 6.41. The summed E-state index contributed by atoms with van der Waals surface area (Å²) < 4.78 is 45.6. The zero-order valence-electron chi connectivity index (χ0n) is 19.4. The molecule has 3 aromatic carbocycles. The van der Waals surface area contributed by atoms with Gasteiger partial charge in [0.2, 0.25) is 0 Å². The van der Waals surface area contributed by atoms with Crippen LogP contribution in [-0.2, 0) is 15.8 Å². The summed E-state index contributed by atoms with van der Waals surface area (Å²) in [4.78, 5) is 25.1. The van der Waals surface area contributed by atoms with Crippen molar-refractivity contribution in [1.82, 2.24) is 0 Å². The minimum atomic E-state index is -4.60. The first-order valence-electron chi connectivity index (χ1n) is 10.7. The number of halogens is 6. The number of nitrogens with one attached hydrogen (secondary N) is 2. The highest BCUT2D eigenvalue weighted by Crippen LogP contribution is 2.35.